The first-order chi connectivity index (χ1) is 16.5. The Labute approximate surface area is 201 Å². The number of carbonyl (C=O) groups excluding carboxylic acids is 5. The number of nitrogens with one attached hydrogen (secondary N) is 2. The van der Waals surface area contributed by atoms with Crippen molar-refractivity contribution in [3.8, 4) is 0 Å². The maximum atomic E-state index is 14.3. The minimum atomic E-state index is -0.849. The van der Waals surface area contributed by atoms with Crippen LogP contribution in [0.25, 0.3) is 0 Å². The maximum Gasteiger partial charge on any atom is 0.292 e. The van der Waals surface area contributed by atoms with Gasteiger partial charge in [0.2, 0.25) is 17.6 Å². The van der Waals surface area contributed by atoms with Crippen LogP contribution in [-0.2, 0) is 32.9 Å². The summed E-state index contributed by atoms with van der Waals surface area (Å²) in [5, 5.41) is 4.73. The van der Waals surface area contributed by atoms with E-state index in [0.29, 0.717) is 11.1 Å². The van der Waals surface area contributed by atoms with Gasteiger partial charge in [-0.25, -0.2) is 4.39 Å². The molecular weight excluding hydrogens is 453 g/mol. The van der Waals surface area contributed by atoms with Gasteiger partial charge in [-0.05, 0) is 40.7 Å². The van der Waals surface area contributed by atoms with Crippen LogP contribution in [0.15, 0.2) is 36.4 Å². The molecule has 8 nitrogen and oxygen atoms in total. The molecule has 0 aromatic heterocycles. The summed E-state index contributed by atoms with van der Waals surface area (Å²) in [6.07, 6.45) is 0.286. The van der Waals surface area contributed by atoms with Crippen LogP contribution in [-0.4, -0.2) is 40.4 Å². The monoisotopic (exact) mass is 479 g/mol. The largest absolute Gasteiger partial charge is 0.345 e. The Morgan fingerprint density at radius 1 is 1.11 bits per heavy atom. The summed E-state index contributed by atoms with van der Waals surface area (Å²) >= 11 is 0. The zero-order valence-electron chi connectivity index (χ0n) is 19.7. The van der Waals surface area contributed by atoms with E-state index in [4.69, 9.17) is 0 Å². The first-order valence-electron chi connectivity index (χ1n) is 11.3. The van der Waals surface area contributed by atoms with Crippen molar-refractivity contribution in [2.24, 2.45) is 0 Å². The molecule has 2 aromatic rings. The van der Waals surface area contributed by atoms with Crippen LogP contribution in [0.4, 0.5) is 4.39 Å². The third kappa shape index (κ3) is 4.84. The van der Waals surface area contributed by atoms with Gasteiger partial charge < -0.3 is 10.2 Å². The van der Waals surface area contributed by atoms with E-state index in [0.717, 1.165) is 11.6 Å². The van der Waals surface area contributed by atoms with Crippen LogP contribution in [0, 0.1) is 5.82 Å². The molecule has 1 atom stereocenters. The number of nitrogens with zero attached hydrogens (tertiary/aromatic N) is 1. The summed E-state index contributed by atoms with van der Waals surface area (Å²) in [4.78, 5) is 63.0. The lowest BCUT2D eigenvalue weighted by atomic mass is 9.86. The zero-order chi connectivity index (χ0) is 25.5. The maximum absolute atomic E-state index is 14.3. The number of benzene rings is 2. The third-order valence-electron chi connectivity index (χ3n) is 6.37. The summed E-state index contributed by atoms with van der Waals surface area (Å²) in [5.74, 6) is -3.73. The molecule has 1 saturated heterocycles. The molecule has 0 spiro atoms. The number of Topliss-reactive ketones (excluding diaryl/α,β-unsaturated/α-hetero) is 1. The Morgan fingerprint density at radius 2 is 1.80 bits per heavy atom. The Balaban J connectivity index is 1.48. The quantitative estimate of drug-likeness (QED) is 0.389. The number of fused-ring (bicyclic) bond motifs is 1. The van der Waals surface area contributed by atoms with Gasteiger partial charge in [-0.3, -0.25) is 29.3 Å². The normalized spacial score (nSPS) is 17.8. The van der Waals surface area contributed by atoms with Crippen LogP contribution in [0.1, 0.15) is 71.0 Å². The van der Waals surface area contributed by atoms with Crippen LogP contribution >= 0.6 is 0 Å². The topological polar surface area (TPSA) is 113 Å². The molecule has 4 amide bonds. The van der Waals surface area contributed by atoms with E-state index in [1.54, 1.807) is 24.3 Å². The number of amides is 4. The van der Waals surface area contributed by atoms with Crippen LogP contribution in [0.2, 0.25) is 0 Å². The van der Waals surface area contributed by atoms with E-state index in [2.05, 4.69) is 10.6 Å². The number of halogens is 1. The second kappa shape index (κ2) is 9.05. The highest BCUT2D eigenvalue weighted by atomic mass is 19.1. The molecular formula is C26H26FN3O5. The average molecular weight is 480 g/mol. The van der Waals surface area contributed by atoms with Crippen molar-refractivity contribution >= 4 is 29.4 Å². The molecule has 4 rings (SSSR count). The lowest BCUT2D eigenvalue weighted by Gasteiger charge is -2.29. The molecule has 2 N–H and O–H groups in total. The van der Waals surface area contributed by atoms with Gasteiger partial charge >= 0.3 is 0 Å². The molecule has 9 heteroatoms. The third-order valence-corrected chi connectivity index (χ3v) is 6.37. The predicted octanol–water partition coefficient (Wildman–Crippen LogP) is 2.38. The van der Waals surface area contributed by atoms with Crippen molar-refractivity contribution in [2.75, 3.05) is 0 Å². The lowest BCUT2D eigenvalue weighted by molar-refractivity contribution is -0.136. The van der Waals surface area contributed by atoms with Gasteiger partial charge in [0.05, 0.1) is 0 Å². The van der Waals surface area contributed by atoms with Crippen LogP contribution < -0.4 is 10.6 Å². The van der Waals surface area contributed by atoms with E-state index in [9.17, 15) is 28.4 Å². The summed E-state index contributed by atoms with van der Waals surface area (Å²) < 4.78 is 14.3. The fourth-order valence-corrected chi connectivity index (χ4v) is 4.37. The first kappa shape index (κ1) is 24.3. The van der Waals surface area contributed by atoms with Gasteiger partial charge in [-0.2, -0.15) is 0 Å². The second-order valence-corrected chi connectivity index (χ2v) is 9.83. The number of hydrogen-bond acceptors (Lipinski definition) is 5. The number of rotatable bonds is 5. The molecule has 0 aliphatic carbocycles. The SMILES string of the molecule is CC(C)(C)c1ccc(C(=O)C(=O)NCc2cc(F)cc3c2CN(C2CCC(=O)NC2=O)C3=O)cc1. The fraction of sp³-hybridized carbons (Fsp3) is 0.346. The first-order valence-corrected chi connectivity index (χ1v) is 11.3. The fourth-order valence-electron chi connectivity index (χ4n) is 4.37. The second-order valence-electron chi connectivity index (χ2n) is 9.83. The number of hydrogen-bond donors (Lipinski definition) is 2. The van der Waals surface area contributed by atoms with Crippen molar-refractivity contribution in [3.05, 3.63) is 70.0 Å². The summed E-state index contributed by atoms with van der Waals surface area (Å²) in [6.45, 7) is 6.00. The predicted molar refractivity (Wildman–Crippen MR) is 124 cm³/mol. The molecule has 2 heterocycles. The van der Waals surface area contributed by atoms with E-state index in [1.165, 1.54) is 11.0 Å². The molecule has 0 bridgehead atoms. The number of ketones is 1. The van der Waals surface area contributed by atoms with Gasteiger partial charge in [-0.1, -0.05) is 45.0 Å². The zero-order valence-corrected chi connectivity index (χ0v) is 19.7. The van der Waals surface area contributed by atoms with Crippen molar-refractivity contribution in [3.63, 3.8) is 0 Å². The molecule has 182 valence electrons. The Bertz CT molecular complexity index is 1250. The minimum Gasteiger partial charge on any atom is -0.345 e. The number of imide groups is 1. The molecule has 2 aliphatic heterocycles. The summed E-state index contributed by atoms with van der Waals surface area (Å²) in [5.41, 5.74) is 2.08. The van der Waals surface area contributed by atoms with Crippen molar-refractivity contribution in [1.82, 2.24) is 15.5 Å². The Kier molecular flexibility index (Phi) is 6.27. The Morgan fingerprint density at radius 3 is 2.43 bits per heavy atom. The van der Waals surface area contributed by atoms with Gasteiger partial charge in [0, 0.05) is 30.6 Å². The highest BCUT2D eigenvalue weighted by molar-refractivity contribution is 6.42. The Hall–Kier alpha value is -3.88. The molecule has 1 unspecified atom stereocenters. The summed E-state index contributed by atoms with van der Waals surface area (Å²) in [6, 6.07) is 8.25. The number of carbonyl (C=O) groups is 5. The molecule has 0 saturated carbocycles. The van der Waals surface area contributed by atoms with Crippen molar-refractivity contribution in [1.29, 1.82) is 0 Å². The molecule has 2 aliphatic rings. The highest BCUT2D eigenvalue weighted by Crippen LogP contribution is 2.31. The van der Waals surface area contributed by atoms with Gasteiger partial charge in [0.15, 0.2) is 0 Å². The smallest absolute Gasteiger partial charge is 0.292 e. The molecule has 0 radical (unpaired) electrons. The molecule has 1 fully saturated rings. The van der Waals surface area contributed by atoms with Gasteiger partial charge in [0.1, 0.15) is 11.9 Å². The van der Waals surface area contributed by atoms with E-state index in [-0.39, 0.29) is 42.5 Å². The summed E-state index contributed by atoms with van der Waals surface area (Å²) in [7, 11) is 0. The lowest BCUT2D eigenvalue weighted by Crippen LogP contribution is -2.52. The van der Waals surface area contributed by atoms with E-state index < -0.39 is 41.3 Å². The standard InChI is InChI=1S/C26H26FN3O5/c1-26(2,3)16-6-4-14(5-7-16)22(32)24(34)28-12-15-10-17(27)11-18-19(15)13-30(25(18)35)20-8-9-21(31)29-23(20)33/h4-7,10-11,20H,8-9,12-13H2,1-3H3,(H,28,34)(H,29,31,33). The minimum absolute atomic E-state index is 0.0359. The van der Waals surface area contributed by atoms with Crippen LogP contribution in [0.3, 0.4) is 0 Å². The van der Waals surface area contributed by atoms with Gasteiger partial charge in [0.25, 0.3) is 11.8 Å². The van der Waals surface area contributed by atoms with Gasteiger partial charge in [-0.15, -0.1) is 0 Å². The molecule has 2 aromatic carbocycles. The molecule has 35 heavy (non-hydrogen) atoms. The average Bonchev–Trinajstić information content (AvgIpc) is 3.12. The highest BCUT2D eigenvalue weighted by Gasteiger charge is 2.40. The van der Waals surface area contributed by atoms with E-state index >= 15 is 0 Å². The van der Waals surface area contributed by atoms with E-state index in [1.807, 2.05) is 20.8 Å². The van der Waals surface area contributed by atoms with Crippen LogP contribution in [0.5, 0.6) is 0 Å². The number of piperidine rings is 1. The van der Waals surface area contributed by atoms with Crippen molar-refractivity contribution in [2.45, 2.75) is 58.2 Å². The van der Waals surface area contributed by atoms with Crippen molar-refractivity contribution < 1.29 is 28.4 Å².